The van der Waals surface area contributed by atoms with Crippen molar-refractivity contribution in [1.29, 1.82) is 0 Å². The second-order valence-corrected chi connectivity index (χ2v) is 3.80. The summed E-state index contributed by atoms with van der Waals surface area (Å²) in [4.78, 5) is 11.6. The van der Waals surface area contributed by atoms with Gasteiger partial charge in [0.25, 0.3) is 5.91 Å². The summed E-state index contributed by atoms with van der Waals surface area (Å²) in [6, 6.07) is 4.80. The third-order valence-corrected chi connectivity index (χ3v) is 2.37. The van der Waals surface area contributed by atoms with E-state index in [1.807, 2.05) is 0 Å². The van der Waals surface area contributed by atoms with Gasteiger partial charge < -0.3 is 5.32 Å². The van der Waals surface area contributed by atoms with Gasteiger partial charge >= 0.3 is 0 Å². The van der Waals surface area contributed by atoms with E-state index in [1.165, 1.54) is 0 Å². The predicted octanol–water partition coefficient (Wildman–Crippen LogP) is 3.30. The minimum atomic E-state index is -0.218. The highest BCUT2D eigenvalue weighted by molar-refractivity contribution is 6.35. The molecule has 15 heavy (non-hydrogen) atoms. The van der Waals surface area contributed by atoms with Crippen molar-refractivity contribution < 1.29 is 4.79 Å². The highest BCUT2D eigenvalue weighted by Gasteiger charge is 2.09. The molecular formula is C11H11Cl2NO. The van der Waals surface area contributed by atoms with Crippen molar-refractivity contribution in [2.45, 2.75) is 6.42 Å². The lowest BCUT2D eigenvalue weighted by Gasteiger charge is -2.05. The van der Waals surface area contributed by atoms with Gasteiger partial charge in [-0.15, -0.1) is 6.58 Å². The summed E-state index contributed by atoms with van der Waals surface area (Å²) >= 11 is 11.6. The van der Waals surface area contributed by atoms with Crippen LogP contribution in [0.1, 0.15) is 16.8 Å². The fourth-order valence-corrected chi connectivity index (χ4v) is 1.43. The Morgan fingerprint density at radius 1 is 1.47 bits per heavy atom. The summed E-state index contributed by atoms with van der Waals surface area (Å²) in [7, 11) is 0. The second-order valence-electron chi connectivity index (χ2n) is 2.96. The Morgan fingerprint density at radius 3 is 2.87 bits per heavy atom. The number of rotatable bonds is 4. The predicted molar refractivity (Wildman–Crippen MR) is 63.6 cm³/mol. The number of nitrogens with one attached hydrogen (secondary N) is 1. The SMILES string of the molecule is C=CCCNC(=O)c1cc(Cl)ccc1Cl. The van der Waals surface area contributed by atoms with Crippen LogP contribution in [0, 0.1) is 0 Å². The van der Waals surface area contributed by atoms with Gasteiger partial charge in [0.15, 0.2) is 0 Å². The third kappa shape index (κ3) is 3.57. The molecule has 0 heterocycles. The molecule has 80 valence electrons. The van der Waals surface area contributed by atoms with Gasteiger partial charge in [0.1, 0.15) is 0 Å². The molecule has 0 unspecified atom stereocenters. The molecule has 0 saturated heterocycles. The molecule has 1 rings (SSSR count). The standard InChI is InChI=1S/C11H11Cl2NO/c1-2-3-6-14-11(15)9-7-8(12)4-5-10(9)13/h2,4-5,7H,1,3,6H2,(H,14,15). The monoisotopic (exact) mass is 243 g/mol. The number of amides is 1. The van der Waals surface area contributed by atoms with Gasteiger partial charge in [-0.1, -0.05) is 29.3 Å². The van der Waals surface area contributed by atoms with Gasteiger partial charge in [0.2, 0.25) is 0 Å². The molecule has 0 spiro atoms. The number of benzene rings is 1. The zero-order valence-corrected chi connectivity index (χ0v) is 9.61. The van der Waals surface area contributed by atoms with Crippen LogP contribution in [0.2, 0.25) is 10.0 Å². The molecule has 0 saturated carbocycles. The minimum absolute atomic E-state index is 0.218. The first kappa shape index (κ1) is 12.1. The van der Waals surface area contributed by atoms with E-state index in [0.29, 0.717) is 22.2 Å². The zero-order valence-electron chi connectivity index (χ0n) is 8.09. The molecule has 0 aromatic heterocycles. The molecule has 0 aliphatic carbocycles. The molecule has 0 aliphatic heterocycles. The third-order valence-electron chi connectivity index (χ3n) is 1.81. The van der Waals surface area contributed by atoms with Gasteiger partial charge in [-0.25, -0.2) is 0 Å². The molecule has 1 aromatic carbocycles. The van der Waals surface area contributed by atoms with Crippen LogP contribution in [0.5, 0.6) is 0 Å². The van der Waals surface area contributed by atoms with Crippen molar-refractivity contribution in [2.24, 2.45) is 0 Å². The maximum Gasteiger partial charge on any atom is 0.252 e. The number of hydrogen-bond acceptors (Lipinski definition) is 1. The Morgan fingerprint density at radius 2 is 2.20 bits per heavy atom. The Bertz CT molecular complexity index is 377. The van der Waals surface area contributed by atoms with Gasteiger partial charge in [-0.3, -0.25) is 4.79 Å². The molecule has 0 atom stereocenters. The summed E-state index contributed by atoms with van der Waals surface area (Å²) < 4.78 is 0. The van der Waals surface area contributed by atoms with Gasteiger partial charge in [-0.05, 0) is 24.6 Å². The van der Waals surface area contributed by atoms with Crippen molar-refractivity contribution in [1.82, 2.24) is 5.32 Å². The highest BCUT2D eigenvalue weighted by Crippen LogP contribution is 2.20. The Balaban J connectivity index is 2.72. The molecule has 4 heteroatoms. The normalized spacial score (nSPS) is 9.73. The topological polar surface area (TPSA) is 29.1 Å². The molecule has 0 radical (unpaired) electrons. The molecule has 1 N–H and O–H groups in total. The number of carbonyl (C=O) groups is 1. The Hall–Kier alpha value is -0.990. The number of carbonyl (C=O) groups excluding carboxylic acids is 1. The van der Waals surface area contributed by atoms with Gasteiger partial charge in [-0.2, -0.15) is 0 Å². The smallest absolute Gasteiger partial charge is 0.252 e. The van der Waals surface area contributed by atoms with Gasteiger partial charge in [0, 0.05) is 11.6 Å². The fourth-order valence-electron chi connectivity index (χ4n) is 1.05. The van der Waals surface area contributed by atoms with Crippen LogP contribution in [-0.4, -0.2) is 12.5 Å². The second kappa shape index (κ2) is 5.79. The zero-order chi connectivity index (χ0) is 11.3. The van der Waals surface area contributed by atoms with Crippen LogP contribution in [0.25, 0.3) is 0 Å². The van der Waals surface area contributed by atoms with E-state index in [9.17, 15) is 4.79 Å². The van der Waals surface area contributed by atoms with Crippen molar-refractivity contribution in [3.8, 4) is 0 Å². The van der Waals surface area contributed by atoms with Crippen molar-refractivity contribution in [3.63, 3.8) is 0 Å². The summed E-state index contributed by atoms with van der Waals surface area (Å²) in [5, 5.41) is 3.61. The largest absolute Gasteiger partial charge is 0.352 e. The molecule has 1 aromatic rings. The maximum absolute atomic E-state index is 11.6. The fraction of sp³-hybridized carbons (Fsp3) is 0.182. The highest BCUT2D eigenvalue weighted by atomic mass is 35.5. The van der Waals surface area contributed by atoms with Crippen molar-refractivity contribution >= 4 is 29.1 Å². The number of hydrogen-bond donors (Lipinski definition) is 1. The van der Waals surface area contributed by atoms with Crippen LogP contribution in [-0.2, 0) is 0 Å². The van der Waals surface area contributed by atoms with Crippen molar-refractivity contribution in [3.05, 3.63) is 46.5 Å². The first-order valence-electron chi connectivity index (χ1n) is 4.49. The van der Waals surface area contributed by atoms with Crippen LogP contribution in [0.3, 0.4) is 0 Å². The van der Waals surface area contributed by atoms with Crippen LogP contribution < -0.4 is 5.32 Å². The quantitative estimate of drug-likeness (QED) is 0.639. The molecule has 0 aliphatic rings. The minimum Gasteiger partial charge on any atom is -0.352 e. The lowest BCUT2D eigenvalue weighted by atomic mass is 10.2. The van der Waals surface area contributed by atoms with E-state index < -0.39 is 0 Å². The average molecular weight is 244 g/mol. The molecular weight excluding hydrogens is 233 g/mol. The Kier molecular flexibility index (Phi) is 4.66. The van der Waals surface area contributed by atoms with E-state index in [-0.39, 0.29) is 5.91 Å². The van der Waals surface area contributed by atoms with Crippen LogP contribution >= 0.6 is 23.2 Å². The van der Waals surface area contributed by atoms with E-state index in [0.717, 1.165) is 6.42 Å². The summed E-state index contributed by atoms with van der Waals surface area (Å²) in [6.45, 7) is 4.11. The first-order chi connectivity index (χ1) is 7.15. The van der Waals surface area contributed by atoms with Crippen LogP contribution in [0.15, 0.2) is 30.9 Å². The molecule has 2 nitrogen and oxygen atoms in total. The van der Waals surface area contributed by atoms with E-state index >= 15 is 0 Å². The molecule has 1 amide bonds. The molecule has 0 bridgehead atoms. The summed E-state index contributed by atoms with van der Waals surface area (Å²) in [5.41, 5.74) is 0.397. The van der Waals surface area contributed by atoms with E-state index in [2.05, 4.69) is 11.9 Å². The van der Waals surface area contributed by atoms with E-state index in [4.69, 9.17) is 23.2 Å². The lowest BCUT2D eigenvalue weighted by Crippen LogP contribution is -2.24. The first-order valence-corrected chi connectivity index (χ1v) is 5.25. The average Bonchev–Trinajstić information content (AvgIpc) is 2.22. The van der Waals surface area contributed by atoms with Gasteiger partial charge in [0.05, 0.1) is 10.6 Å². The maximum atomic E-state index is 11.6. The lowest BCUT2D eigenvalue weighted by molar-refractivity contribution is 0.0954. The van der Waals surface area contributed by atoms with Crippen LogP contribution in [0.4, 0.5) is 0 Å². The molecule has 0 fully saturated rings. The van der Waals surface area contributed by atoms with Crippen molar-refractivity contribution in [2.75, 3.05) is 6.54 Å². The summed E-state index contributed by atoms with van der Waals surface area (Å²) in [5.74, 6) is -0.218. The Labute approximate surface area is 98.9 Å². The van der Waals surface area contributed by atoms with E-state index in [1.54, 1.807) is 24.3 Å². The number of halogens is 2. The summed E-state index contributed by atoms with van der Waals surface area (Å²) in [6.07, 6.45) is 2.46.